The molecule has 0 aliphatic carbocycles. The molecule has 1 atom stereocenters. The van der Waals surface area contributed by atoms with Gasteiger partial charge in [0, 0.05) is 24.3 Å². The molecule has 0 aliphatic rings. The molecule has 0 amide bonds. The number of likely N-dealkylation sites (N-methyl/N-ethyl adjacent to an activating group) is 1. The minimum atomic E-state index is -0.278. The van der Waals surface area contributed by atoms with Crippen molar-refractivity contribution in [1.29, 1.82) is 5.26 Å². The summed E-state index contributed by atoms with van der Waals surface area (Å²) in [5, 5.41) is 19.6. The quantitative estimate of drug-likeness (QED) is 0.769. The molecule has 1 aromatic rings. The van der Waals surface area contributed by atoms with Crippen LogP contribution in [-0.4, -0.2) is 41.3 Å². The molecule has 0 radical (unpaired) electrons. The third kappa shape index (κ3) is 3.56. The molecule has 0 saturated heterocycles. The maximum Gasteiger partial charge on any atom is 0.124 e. The first-order chi connectivity index (χ1) is 8.63. The summed E-state index contributed by atoms with van der Waals surface area (Å²) in [5.41, 5.74) is 2.85. The number of hydrogen-bond acceptors (Lipinski definition) is 4. The van der Waals surface area contributed by atoms with E-state index in [-0.39, 0.29) is 6.04 Å². The number of nitrogens with zero attached hydrogens (tertiary/aromatic N) is 3. The van der Waals surface area contributed by atoms with Crippen molar-refractivity contribution in [3.8, 4) is 6.07 Å². The molecule has 2 N–H and O–H groups in total. The maximum absolute atomic E-state index is 9.26. The van der Waals surface area contributed by atoms with Crippen LogP contribution in [0.15, 0.2) is 0 Å². The standard InChI is InChI=1S/C13H23N5/c1-5-18(6-2)8-7-15-12(9-14)13-10(3)16-17-11(13)4/h12,15H,5-8H2,1-4H3,(H,16,17). The average Bonchev–Trinajstić information content (AvgIpc) is 2.70. The first-order valence-electron chi connectivity index (χ1n) is 6.50. The number of aryl methyl sites for hydroxylation is 2. The average molecular weight is 249 g/mol. The molecule has 0 aromatic carbocycles. The third-order valence-electron chi connectivity index (χ3n) is 3.27. The lowest BCUT2D eigenvalue weighted by atomic mass is 10.1. The molecule has 0 fully saturated rings. The number of nitrogens with one attached hydrogen (secondary N) is 2. The first-order valence-corrected chi connectivity index (χ1v) is 6.50. The Kier molecular flexibility index (Phi) is 5.83. The van der Waals surface area contributed by atoms with Gasteiger partial charge in [0.15, 0.2) is 0 Å². The van der Waals surface area contributed by atoms with Crippen LogP contribution < -0.4 is 5.32 Å². The van der Waals surface area contributed by atoms with Crippen molar-refractivity contribution in [1.82, 2.24) is 20.4 Å². The predicted molar refractivity (Wildman–Crippen MR) is 72.2 cm³/mol. The van der Waals surface area contributed by atoms with Gasteiger partial charge in [-0.2, -0.15) is 10.4 Å². The summed E-state index contributed by atoms with van der Waals surface area (Å²) < 4.78 is 0. The Bertz CT molecular complexity index is 381. The van der Waals surface area contributed by atoms with Gasteiger partial charge in [0.05, 0.1) is 11.8 Å². The van der Waals surface area contributed by atoms with E-state index in [9.17, 15) is 5.26 Å². The maximum atomic E-state index is 9.26. The fraction of sp³-hybridized carbons (Fsp3) is 0.692. The normalized spacial score (nSPS) is 12.7. The Morgan fingerprint density at radius 3 is 2.50 bits per heavy atom. The second-order valence-corrected chi connectivity index (χ2v) is 4.39. The van der Waals surface area contributed by atoms with E-state index >= 15 is 0 Å². The van der Waals surface area contributed by atoms with Gasteiger partial charge in [-0.25, -0.2) is 0 Å². The van der Waals surface area contributed by atoms with Gasteiger partial charge in [-0.3, -0.25) is 10.4 Å². The van der Waals surface area contributed by atoms with E-state index in [0.29, 0.717) is 0 Å². The number of nitriles is 1. The van der Waals surface area contributed by atoms with Gasteiger partial charge in [0.25, 0.3) is 0 Å². The van der Waals surface area contributed by atoms with Crippen molar-refractivity contribution in [2.75, 3.05) is 26.2 Å². The summed E-state index contributed by atoms with van der Waals surface area (Å²) in [4.78, 5) is 2.33. The summed E-state index contributed by atoms with van der Waals surface area (Å²) in [5.74, 6) is 0. The fourth-order valence-corrected chi connectivity index (χ4v) is 2.10. The van der Waals surface area contributed by atoms with Gasteiger partial charge in [-0.15, -0.1) is 0 Å². The first kappa shape index (κ1) is 14.7. The molecular formula is C13H23N5. The van der Waals surface area contributed by atoms with Gasteiger partial charge in [0.2, 0.25) is 0 Å². The summed E-state index contributed by atoms with van der Waals surface area (Å²) in [6.45, 7) is 12.0. The highest BCUT2D eigenvalue weighted by atomic mass is 15.1. The molecule has 0 aliphatic heterocycles. The number of aromatic nitrogens is 2. The Morgan fingerprint density at radius 2 is 2.06 bits per heavy atom. The predicted octanol–water partition coefficient (Wildman–Crippen LogP) is 1.52. The molecule has 18 heavy (non-hydrogen) atoms. The minimum absolute atomic E-state index is 0.278. The zero-order valence-corrected chi connectivity index (χ0v) is 11.7. The minimum Gasteiger partial charge on any atom is -0.303 e. The number of H-pyrrole nitrogens is 1. The molecule has 0 bridgehead atoms. The molecule has 5 nitrogen and oxygen atoms in total. The number of aromatic amines is 1. The van der Waals surface area contributed by atoms with E-state index in [4.69, 9.17) is 0 Å². The highest BCUT2D eigenvalue weighted by molar-refractivity contribution is 5.31. The Hall–Kier alpha value is -1.38. The van der Waals surface area contributed by atoms with E-state index in [1.54, 1.807) is 0 Å². The molecule has 5 heteroatoms. The zero-order chi connectivity index (χ0) is 13.5. The highest BCUT2D eigenvalue weighted by Gasteiger charge is 2.17. The lowest BCUT2D eigenvalue weighted by Crippen LogP contribution is -2.33. The molecule has 1 aromatic heterocycles. The second kappa shape index (κ2) is 7.14. The van der Waals surface area contributed by atoms with Crippen molar-refractivity contribution in [2.24, 2.45) is 0 Å². The van der Waals surface area contributed by atoms with Crippen LogP contribution in [0, 0.1) is 25.2 Å². The number of rotatable bonds is 7. The Balaban J connectivity index is 2.57. The highest BCUT2D eigenvalue weighted by Crippen LogP contribution is 2.18. The lowest BCUT2D eigenvalue weighted by molar-refractivity contribution is 0.300. The number of hydrogen-bond donors (Lipinski definition) is 2. The van der Waals surface area contributed by atoms with Crippen LogP contribution >= 0.6 is 0 Å². The van der Waals surface area contributed by atoms with E-state index in [0.717, 1.165) is 43.1 Å². The molecule has 1 rings (SSSR count). The molecule has 1 unspecified atom stereocenters. The van der Waals surface area contributed by atoms with Crippen LogP contribution in [-0.2, 0) is 0 Å². The topological polar surface area (TPSA) is 67.7 Å². The van der Waals surface area contributed by atoms with Crippen molar-refractivity contribution in [2.45, 2.75) is 33.7 Å². The zero-order valence-electron chi connectivity index (χ0n) is 11.7. The molecular weight excluding hydrogens is 226 g/mol. The SMILES string of the molecule is CCN(CC)CCNC(C#N)c1c(C)n[nH]c1C. The molecule has 0 saturated carbocycles. The van der Waals surface area contributed by atoms with Crippen LogP contribution in [0.25, 0.3) is 0 Å². The van der Waals surface area contributed by atoms with Gasteiger partial charge in [-0.1, -0.05) is 13.8 Å². The van der Waals surface area contributed by atoms with Crippen molar-refractivity contribution >= 4 is 0 Å². The van der Waals surface area contributed by atoms with Crippen molar-refractivity contribution in [3.05, 3.63) is 17.0 Å². The molecule has 1 heterocycles. The Morgan fingerprint density at radius 1 is 1.39 bits per heavy atom. The fourth-order valence-electron chi connectivity index (χ4n) is 2.10. The summed E-state index contributed by atoms with van der Waals surface area (Å²) in [7, 11) is 0. The van der Waals surface area contributed by atoms with Crippen molar-refractivity contribution < 1.29 is 0 Å². The van der Waals surface area contributed by atoms with Crippen LogP contribution in [0.3, 0.4) is 0 Å². The van der Waals surface area contributed by atoms with E-state index in [2.05, 4.69) is 40.3 Å². The lowest BCUT2D eigenvalue weighted by Gasteiger charge is -2.19. The van der Waals surface area contributed by atoms with Gasteiger partial charge in [0.1, 0.15) is 6.04 Å². The summed E-state index contributed by atoms with van der Waals surface area (Å²) >= 11 is 0. The largest absolute Gasteiger partial charge is 0.303 e. The van der Waals surface area contributed by atoms with Crippen molar-refractivity contribution in [3.63, 3.8) is 0 Å². The van der Waals surface area contributed by atoms with Crippen LogP contribution in [0.2, 0.25) is 0 Å². The summed E-state index contributed by atoms with van der Waals surface area (Å²) in [6.07, 6.45) is 0. The van der Waals surface area contributed by atoms with Crippen LogP contribution in [0.5, 0.6) is 0 Å². The molecule has 0 spiro atoms. The van der Waals surface area contributed by atoms with Crippen LogP contribution in [0.4, 0.5) is 0 Å². The molecule has 100 valence electrons. The van der Waals surface area contributed by atoms with Gasteiger partial charge >= 0.3 is 0 Å². The summed E-state index contributed by atoms with van der Waals surface area (Å²) in [6, 6.07) is 2.03. The smallest absolute Gasteiger partial charge is 0.124 e. The van der Waals surface area contributed by atoms with Crippen LogP contribution in [0.1, 0.15) is 36.8 Å². The van der Waals surface area contributed by atoms with E-state index in [1.807, 2.05) is 13.8 Å². The van der Waals surface area contributed by atoms with Gasteiger partial charge in [-0.05, 0) is 26.9 Å². The third-order valence-corrected chi connectivity index (χ3v) is 3.27. The van der Waals surface area contributed by atoms with E-state index in [1.165, 1.54) is 0 Å². The second-order valence-electron chi connectivity index (χ2n) is 4.39. The monoisotopic (exact) mass is 249 g/mol. The van der Waals surface area contributed by atoms with Gasteiger partial charge < -0.3 is 4.90 Å². The Labute approximate surface area is 109 Å². The van der Waals surface area contributed by atoms with E-state index < -0.39 is 0 Å².